The number of carbonyl (C=O) groups is 1. The molecule has 5 heteroatoms. The van der Waals surface area contributed by atoms with Gasteiger partial charge in [0, 0.05) is 18.9 Å². The molecule has 2 heterocycles. The number of aromatic nitrogens is 1. The summed E-state index contributed by atoms with van der Waals surface area (Å²) in [6.45, 7) is 3.52. The number of aliphatic hydroxyl groups is 1. The lowest BCUT2D eigenvalue weighted by Crippen LogP contribution is -2.39. The molecule has 0 radical (unpaired) electrons. The average Bonchev–Trinajstić information content (AvgIpc) is 3.38. The summed E-state index contributed by atoms with van der Waals surface area (Å²) in [6.07, 6.45) is 7.79. The van der Waals surface area contributed by atoms with Gasteiger partial charge in [-0.25, -0.2) is 4.79 Å². The van der Waals surface area contributed by atoms with Crippen LogP contribution in [0.4, 0.5) is 0 Å². The van der Waals surface area contributed by atoms with E-state index in [1.807, 2.05) is 60.9 Å². The minimum Gasteiger partial charge on any atom is -0.463 e. The Bertz CT molecular complexity index is 950. The summed E-state index contributed by atoms with van der Waals surface area (Å²) in [5.74, 6) is -0.274. The van der Waals surface area contributed by atoms with Crippen LogP contribution in [0.15, 0.2) is 85.2 Å². The van der Waals surface area contributed by atoms with Gasteiger partial charge in [0.2, 0.25) is 5.60 Å². The number of hydrogen-bond acceptors (Lipinski definition) is 5. The van der Waals surface area contributed by atoms with Gasteiger partial charge < -0.3 is 14.7 Å². The number of esters is 1. The van der Waals surface area contributed by atoms with Crippen LogP contribution in [0.1, 0.15) is 36.0 Å². The number of ether oxygens (including phenoxy) is 1. The second-order valence-corrected chi connectivity index (χ2v) is 8.80. The highest BCUT2D eigenvalue weighted by Gasteiger charge is 2.41. The fourth-order valence-electron chi connectivity index (χ4n) is 4.62. The van der Waals surface area contributed by atoms with Gasteiger partial charge in [0.1, 0.15) is 0 Å². The summed E-state index contributed by atoms with van der Waals surface area (Å²) in [7, 11) is 0. The molecule has 0 aliphatic carbocycles. The largest absolute Gasteiger partial charge is 0.463 e. The van der Waals surface area contributed by atoms with Crippen LogP contribution in [0, 0.1) is 5.92 Å². The van der Waals surface area contributed by atoms with Crippen LogP contribution in [0.2, 0.25) is 0 Å². The molecule has 1 saturated heterocycles. The van der Waals surface area contributed by atoms with E-state index in [0.29, 0.717) is 17.0 Å². The molecule has 0 saturated carbocycles. The molecular formula is C28H32N2O3. The van der Waals surface area contributed by atoms with Gasteiger partial charge in [-0.05, 0) is 73.5 Å². The maximum absolute atomic E-state index is 13.3. The lowest BCUT2D eigenvalue weighted by Gasteiger charge is -2.28. The first-order valence-electron chi connectivity index (χ1n) is 11.8. The van der Waals surface area contributed by atoms with Crippen LogP contribution in [0.5, 0.6) is 0 Å². The molecular weight excluding hydrogens is 412 g/mol. The topological polar surface area (TPSA) is 62.7 Å². The van der Waals surface area contributed by atoms with Gasteiger partial charge >= 0.3 is 5.97 Å². The Balaban J connectivity index is 1.45. The molecule has 2 aromatic carbocycles. The smallest absolute Gasteiger partial charge is 0.347 e. The highest BCUT2D eigenvalue weighted by atomic mass is 16.5. The van der Waals surface area contributed by atoms with E-state index in [0.717, 1.165) is 32.5 Å². The van der Waals surface area contributed by atoms with E-state index in [9.17, 15) is 9.90 Å². The summed E-state index contributed by atoms with van der Waals surface area (Å²) in [6, 6.07) is 22.1. The SMILES string of the molecule is O=C(OCC[C@@H](Cc1ccncc1)CN1CCCC1)C(O)(c1ccccc1)c1ccccc1. The summed E-state index contributed by atoms with van der Waals surface area (Å²) < 4.78 is 5.73. The van der Waals surface area contributed by atoms with E-state index in [1.165, 1.54) is 18.4 Å². The first-order chi connectivity index (χ1) is 16.2. The summed E-state index contributed by atoms with van der Waals surface area (Å²) in [4.78, 5) is 19.9. The minimum absolute atomic E-state index is 0.268. The second-order valence-electron chi connectivity index (χ2n) is 8.80. The van der Waals surface area contributed by atoms with E-state index < -0.39 is 11.6 Å². The molecule has 1 aromatic heterocycles. The van der Waals surface area contributed by atoms with Crippen LogP contribution >= 0.6 is 0 Å². The molecule has 4 rings (SSSR count). The van der Waals surface area contributed by atoms with Crippen molar-refractivity contribution < 1.29 is 14.6 Å². The lowest BCUT2D eigenvalue weighted by atomic mass is 9.86. The van der Waals surface area contributed by atoms with Crippen molar-refractivity contribution in [2.75, 3.05) is 26.2 Å². The molecule has 0 amide bonds. The zero-order chi connectivity index (χ0) is 22.9. The third-order valence-corrected chi connectivity index (χ3v) is 6.43. The van der Waals surface area contributed by atoms with E-state index in [4.69, 9.17) is 4.74 Å². The van der Waals surface area contributed by atoms with Crippen LogP contribution in [-0.4, -0.2) is 47.2 Å². The third kappa shape index (κ3) is 5.86. The Labute approximate surface area is 196 Å². The number of rotatable bonds is 10. The number of nitrogens with zero attached hydrogens (tertiary/aromatic N) is 2. The number of likely N-dealkylation sites (tertiary alicyclic amines) is 1. The monoisotopic (exact) mass is 444 g/mol. The van der Waals surface area contributed by atoms with Gasteiger partial charge in [-0.1, -0.05) is 60.7 Å². The zero-order valence-corrected chi connectivity index (χ0v) is 19.0. The van der Waals surface area contributed by atoms with E-state index >= 15 is 0 Å². The molecule has 1 N–H and O–H groups in total. The van der Waals surface area contributed by atoms with E-state index in [1.54, 1.807) is 24.3 Å². The number of pyridine rings is 1. The predicted molar refractivity (Wildman–Crippen MR) is 129 cm³/mol. The quantitative estimate of drug-likeness (QED) is 0.475. The maximum Gasteiger partial charge on any atom is 0.347 e. The van der Waals surface area contributed by atoms with Crippen LogP contribution in [0.3, 0.4) is 0 Å². The fourth-order valence-corrected chi connectivity index (χ4v) is 4.62. The molecule has 0 bridgehead atoms. The number of hydrogen-bond donors (Lipinski definition) is 1. The first kappa shape index (κ1) is 23.1. The second kappa shape index (κ2) is 11.2. The fraction of sp³-hybridized carbons (Fsp3) is 0.357. The molecule has 1 aliphatic heterocycles. The molecule has 5 nitrogen and oxygen atoms in total. The van der Waals surface area contributed by atoms with Crippen LogP contribution < -0.4 is 0 Å². The van der Waals surface area contributed by atoms with Gasteiger partial charge in [-0.3, -0.25) is 4.98 Å². The molecule has 1 atom stereocenters. The van der Waals surface area contributed by atoms with E-state index in [2.05, 4.69) is 9.88 Å². The van der Waals surface area contributed by atoms with Crippen molar-refractivity contribution in [2.45, 2.75) is 31.3 Å². The van der Waals surface area contributed by atoms with Crippen molar-refractivity contribution in [1.82, 2.24) is 9.88 Å². The number of benzene rings is 2. The molecule has 172 valence electrons. The lowest BCUT2D eigenvalue weighted by molar-refractivity contribution is -0.162. The first-order valence-corrected chi connectivity index (χ1v) is 11.8. The maximum atomic E-state index is 13.3. The Morgan fingerprint density at radius 2 is 1.52 bits per heavy atom. The van der Waals surface area contributed by atoms with Gasteiger partial charge in [0.05, 0.1) is 6.61 Å². The summed E-state index contributed by atoms with van der Waals surface area (Å²) >= 11 is 0. The normalized spacial score (nSPS) is 15.3. The Morgan fingerprint density at radius 1 is 0.939 bits per heavy atom. The highest BCUT2D eigenvalue weighted by molar-refractivity contribution is 5.85. The Hall–Kier alpha value is -3.02. The molecule has 1 aliphatic rings. The standard InChI is InChI=1S/C28H32N2O3/c31-27(28(32,25-9-3-1-4-10-25)26-11-5-2-6-12-26)33-20-15-24(22-30-18-7-8-19-30)21-23-13-16-29-17-14-23/h1-6,9-14,16-17,24,32H,7-8,15,18-22H2/t24-/m0/s1. The van der Waals surface area contributed by atoms with Crippen molar-refractivity contribution in [3.8, 4) is 0 Å². The number of carbonyl (C=O) groups excluding carboxylic acids is 1. The average molecular weight is 445 g/mol. The van der Waals surface area contributed by atoms with Crippen LogP contribution in [-0.2, 0) is 21.6 Å². The Morgan fingerprint density at radius 3 is 2.09 bits per heavy atom. The Kier molecular flexibility index (Phi) is 7.87. The predicted octanol–water partition coefficient (Wildman–Crippen LogP) is 4.21. The third-order valence-electron chi connectivity index (χ3n) is 6.43. The highest BCUT2D eigenvalue weighted by Crippen LogP contribution is 2.31. The van der Waals surface area contributed by atoms with Crippen molar-refractivity contribution in [3.05, 3.63) is 102 Å². The van der Waals surface area contributed by atoms with E-state index in [-0.39, 0.29) is 6.61 Å². The molecule has 3 aromatic rings. The van der Waals surface area contributed by atoms with Gasteiger partial charge in [-0.15, -0.1) is 0 Å². The van der Waals surface area contributed by atoms with Crippen molar-refractivity contribution in [3.63, 3.8) is 0 Å². The van der Waals surface area contributed by atoms with Crippen LogP contribution in [0.25, 0.3) is 0 Å². The van der Waals surface area contributed by atoms with Crippen molar-refractivity contribution in [2.24, 2.45) is 5.92 Å². The van der Waals surface area contributed by atoms with Gasteiger partial charge in [0.15, 0.2) is 0 Å². The van der Waals surface area contributed by atoms with Gasteiger partial charge in [0.25, 0.3) is 0 Å². The van der Waals surface area contributed by atoms with Crippen molar-refractivity contribution >= 4 is 5.97 Å². The molecule has 0 unspecified atom stereocenters. The summed E-state index contributed by atoms with van der Waals surface area (Å²) in [5.41, 5.74) is 0.418. The molecule has 0 spiro atoms. The molecule has 33 heavy (non-hydrogen) atoms. The van der Waals surface area contributed by atoms with Gasteiger partial charge in [-0.2, -0.15) is 0 Å². The molecule has 1 fully saturated rings. The van der Waals surface area contributed by atoms with Crippen molar-refractivity contribution in [1.29, 1.82) is 0 Å². The minimum atomic E-state index is -1.84. The zero-order valence-electron chi connectivity index (χ0n) is 19.0. The summed E-state index contributed by atoms with van der Waals surface area (Å²) in [5, 5.41) is 11.6.